The molecule has 0 fully saturated rings. The molecule has 3 heteroatoms. The number of nitrogens with two attached hydrogens (primary N) is 1. The molecule has 0 saturated heterocycles. The molecular formula is C14H17NOS. The number of hydrogen-bond donors (Lipinski definition) is 1. The van der Waals surface area contributed by atoms with E-state index in [1.807, 2.05) is 11.4 Å². The van der Waals surface area contributed by atoms with Gasteiger partial charge in [0.25, 0.3) is 0 Å². The predicted octanol–water partition coefficient (Wildman–Crippen LogP) is 3.42. The van der Waals surface area contributed by atoms with Gasteiger partial charge in [-0.05, 0) is 30.9 Å². The van der Waals surface area contributed by atoms with Crippen LogP contribution in [-0.2, 0) is 0 Å². The van der Waals surface area contributed by atoms with Crippen molar-refractivity contribution >= 4 is 11.3 Å². The molecule has 0 spiro atoms. The lowest BCUT2D eigenvalue weighted by Gasteiger charge is -2.14. The van der Waals surface area contributed by atoms with E-state index < -0.39 is 0 Å². The number of rotatable bonds is 3. The fourth-order valence-corrected chi connectivity index (χ4v) is 2.93. The van der Waals surface area contributed by atoms with Crippen LogP contribution >= 0.6 is 11.3 Å². The lowest BCUT2D eigenvalue weighted by molar-refractivity contribution is 0.411. The van der Waals surface area contributed by atoms with E-state index in [0.717, 1.165) is 16.2 Å². The zero-order valence-electron chi connectivity index (χ0n) is 10.4. The van der Waals surface area contributed by atoms with Crippen LogP contribution in [0.2, 0.25) is 0 Å². The largest absolute Gasteiger partial charge is 0.496 e. The van der Waals surface area contributed by atoms with E-state index in [-0.39, 0.29) is 6.04 Å². The van der Waals surface area contributed by atoms with Crippen LogP contribution in [-0.4, -0.2) is 7.11 Å². The van der Waals surface area contributed by atoms with Gasteiger partial charge >= 0.3 is 0 Å². The summed E-state index contributed by atoms with van der Waals surface area (Å²) < 4.78 is 5.32. The molecule has 17 heavy (non-hydrogen) atoms. The Hall–Kier alpha value is -1.32. The van der Waals surface area contributed by atoms with Gasteiger partial charge in [0.05, 0.1) is 18.0 Å². The molecule has 0 aliphatic carbocycles. The molecule has 1 atom stereocenters. The van der Waals surface area contributed by atoms with Gasteiger partial charge in [0.15, 0.2) is 0 Å². The van der Waals surface area contributed by atoms with Crippen molar-refractivity contribution in [2.45, 2.75) is 19.9 Å². The molecule has 0 amide bonds. The summed E-state index contributed by atoms with van der Waals surface area (Å²) in [4.78, 5) is 1.08. The van der Waals surface area contributed by atoms with Crippen LogP contribution in [0.25, 0.3) is 0 Å². The third kappa shape index (κ3) is 2.51. The van der Waals surface area contributed by atoms with E-state index in [1.54, 1.807) is 18.4 Å². The third-order valence-corrected chi connectivity index (χ3v) is 3.74. The Morgan fingerprint density at radius 1 is 1.18 bits per heavy atom. The number of benzene rings is 1. The Bertz CT molecular complexity index is 498. The summed E-state index contributed by atoms with van der Waals surface area (Å²) in [6.07, 6.45) is 0. The number of thiophene rings is 1. The molecule has 0 aliphatic heterocycles. The molecule has 0 radical (unpaired) electrons. The van der Waals surface area contributed by atoms with Gasteiger partial charge in [-0.2, -0.15) is 0 Å². The zero-order valence-corrected chi connectivity index (χ0v) is 11.2. The maximum atomic E-state index is 6.31. The molecular weight excluding hydrogens is 230 g/mol. The highest BCUT2D eigenvalue weighted by molar-refractivity contribution is 7.10. The van der Waals surface area contributed by atoms with Crippen molar-refractivity contribution in [2.24, 2.45) is 5.73 Å². The van der Waals surface area contributed by atoms with Gasteiger partial charge in [-0.25, -0.2) is 0 Å². The molecule has 1 aromatic heterocycles. The fraction of sp³-hybridized carbons (Fsp3) is 0.286. The third-order valence-electron chi connectivity index (χ3n) is 2.76. The Balaban J connectivity index is 2.39. The standard InChI is InChI=1S/C14H17NOS/c1-9-6-10(2)8-11(7-9)13(15)14-12(16-3)4-5-17-14/h4-8,13H,15H2,1-3H3. The van der Waals surface area contributed by atoms with Crippen LogP contribution in [0.4, 0.5) is 0 Å². The Kier molecular flexibility index (Phi) is 3.50. The summed E-state index contributed by atoms with van der Waals surface area (Å²) in [5.41, 5.74) is 9.93. The summed E-state index contributed by atoms with van der Waals surface area (Å²) in [5.74, 6) is 0.877. The predicted molar refractivity (Wildman–Crippen MR) is 72.8 cm³/mol. The van der Waals surface area contributed by atoms with Gasteiger partial charge in [0.1, 0.15) is 5.75 Å². The first kappa shape index (κ1) is 12.1. The van der Waals surface area contributed by atoms with E-state index in [1.165, 1.54) is 11.1 Å². The second-order valence-electron chi connectivity index (χ2n) is 4.25. The molecule has 2 aromatic rings. The van der Waals surface area contributed by atoms with Gasteiger partial charge in [-0.1, -0.05) is 29.3 Å². The van der Waals surface area contributed by atoms with E-state index in [4.69, 9.17) is 10.5 Å². The van der Waals surface area contributed by atoms with Crippen molar-refractivity contribution in [3.8, 4) is 5.75 Å². The van der Waals surface area contributed by atoms with Gasteiger partial charge in [0, 0.05) is 0 Å². The van der Waals surface area contributed by atoms with Gasteiger partial charge in [-0.3, -0.25) is 0 Å². The lowest BCUT2D eigenvalue weighted by Crippen LogP contribution is -2.11. The molecule has 0 bridgehead atoms. The molecule has 0 saturated carbocycles. The smallest absolute Gasteiger partial charge is 0.134 e. The van der Waals surface area contributed by atoms with E-state index in [9.17, 15) is 0 Å². The SMILES string of the molecule is COc1ccsc1C(N)c1cc(C)cc(C)c1. The van der Waals surface area contributed by atoms with Crippen molar-refractivity contribution < 1.29 is 4.74 Å². The average Bonchev–Trinajstić information content (AvgIpc) is 2.74. The first-order valence-electron chi connectivity index (χ1n) is 5.57. The highest BCUT2D eigenvalue weighted by Gasteiger charge is 2.15. The van der Waals surface area contributed by atoms with Gasteiger partial charge < -0.3 is 10.5 Å². The maximum absolute atomic E-state index is 6.31. The van der Waals surface area contributed by atoms with Crippen molar-refractivity contribution in [3.63, 3.8) is 0 Å². The van der Waals surface area contributed by atoms with Gasteiger partial charge in [-0.15, -0.1) is 11.3 Å². The summed E-state index contributed by atoms with van der Waals surface area (Å²) in [6.45, 7) is 4.18. The molecule has 1 aromatic carbocycles. The monoisotopic (exact) mass is 247 g/mol. The van der Waals surface area contributed by atoms with Crippen molar-refractivity contribution in [2.75, 3.05) is 7.11 Å². The molecule has 2 rings (SSSR count). The van der Waals surface area contributed by atoms with Crippen LogP contribution in [0.3, 0.4) is 0 Å². The number of hydrogen-bond acceptors (Lipinski definition) is 3. The Labute approximate surface area is 106 Å². The number of aryl methyl sites for hydroxylation is 2. The topological polar surface area (TPSA) is 35.2 Å². The quantitative estimate of drug-likeness (QED) is 0.902. The van der Waals surface area contributed by atoms with Crippen LogP contribution in [0, 0.1) is 13.8 Å². The average molecular weight is 247 g/mol. The minimum absolute atomic E-state index is 0.108. The van der Waals surface area contributed by atoms with E-state index >= 15 is 0 Å². The summed E-state index contributed by atoms with van der Waals surface area (Å²) in [7, 11) is 1.68. The van der Waals surface area contributed by atoms with Crippen LogP contribution < -0.4 is 10.5 Å². The van der Waals surface area contributed by atoms with Gasteiger partial charge in [0.2, 0.25) is 0 Å². The fourth-order valence-electron chi connectivity index (χ4n) is 2.05. The van der Waals surface area contributed by atoms with Crippen molar-refractivity contribution in [1.82, 2.24) is 0 Å². The molecule has 0 aliphatic rings. The first-order valence-corrected chi connectivity index (χ1v) is 6.45. The number of ether oxygens (including phenoxy) is 1. The lowest BCUT2D eigenvalue weighted by atomic mass is 10.0. The molecule has 2 N–H and O–H groups in total. The normalized spacial score (nSPS) is 12.5. The number of methoxy groups -OCH3 is 1. The minimum atomic E-state index is -0.108. The van der Waals surface area contributed by atoms with Crippen molar-refractivity contribution in [1.29, 1.82) is 0 Å². The second-order valence-corrected chi connectivity index (χ2v) is 5.20. The van der Waals surface area contributed by atoms with Crippen LogP contribution in [0.15, 0.2) is 29.6 Å². The second kappa shape index (κ2) is 4.90. The van der Waals surface area contributed by atoms with Crippen LogP contribution in [0.5, 0.6) is 5.75 Å². The highest BCUT2D eigenvalue weighted by Crippen LogP contribution is 2.33. The molecule has 2 nitrogen and oxygen atoms in total. The minimum Gasteiger partial charge on any atom is -0.496 e. The Morgan fingerprint density at radius 3 is 2.41 bits per heavy atom. The molecule has 1 unspecified atom stereocenters. The Morgan fingerprint density at radius 2 is 1.82 bits per heavy atom. The summed E-state index contributed by atoms with van der Waals surface area (Å²) in [5, 5.41) is 2.01. The van der Waals surface area contributed by atoms with Crippen molar-refractivity contribution in [3.05, 3.63) is 51.2 Å². The van der Waals surface area contributed by atoms with E-state index in [0.29, 0.717) is 0 Å². The summed E-state index contributed by atoms with van der Waals surface area (Å²) in [6, 6.07) is 8.28. The van der Waals surface area contributed by atoms with E-state index in [2.05, 4.69) is 32.0 Å². The van der Waals surface area contributed by atoms with Crippen LogP contribution in [0.1, 0.15) is 27.6 Å². The summed E-state index contributed by atoms with van der Waals surface area (Å²) >= 11 is 1.64. The molecule has 1 heterocycles. The molecule has 90 valence electrons. The highest BCUT2D eigenvalue weighted by atomic mass is 32.1. The first-order chi connectivity index (χ1) is 8.11. The zero-order chi connectivity index (χ0) is 12.4. The maximum Gasteiger partial charge on any atom is 0.134 e.